The summed E-state index contributed by atoms with van der Waals surface area (Å²) in [5.74, 6) is -0.439. The Morgan fingerprint density at radius 3 is 2.63 bits per heavy atom. The van der Waals surface area contributed by atoms with Crippen LogP contribution >= 0.6 is 11.6 Å². The van der Waals surface area contributed by atoms with Gasteiger partial charge in [0, 0.05) is 29.5 Å². The van der Waals surface area contributed by atoms with E-state index in [1.54, 1.807) is 24.3 Å². The molecule has 1 N–H and O–H groups in total. The molecule has 1 heterocycles. The van der Waals surface area contributed by atoms with Crippen LogP contribution < -0.4 is 10.2 Å². The third-order valence-electron chi connectivity index (χ3n) is 4.91. The molecule has 4 nitrogen and oxygen atoms in total. The van der Waals surface area contributed by atoms with E-state index in [1.807, 2.05) is 26.0 Å². The number of benzene rings is 2. The van der Waals surface area contributed by atoms with Crippen molar-refractivity contribution in [2.75, 3.05) is 23.3 Å². The third kappa shape index (κ3) is 4.32. The third-order valence-corrected chi connectivity index (χ3v) is 5.31. The summed E-state index contributed by atoms with van der Waals surface area (Å²) in [6.07, 6.45) is 4.09. The first-order valence-corrected chi connectivity index (χ1v) is 9.41. The summed E-state index contributed by atoms with van der Waals surface area (Å²) in [5.41, 5.74) is 4.54. The summed E-state index contributed by atoms with van der Waals surface area (Å²) in [7, 11) is 0. The molecule has 138 valence electrons. The number of carbonyl (C=O) groups is 1. The van der Waals surface area contributed by atoms with Crippen molar-refractivity contribution in [2.24, 2.45) is 0 Å². The number of nitrogens with one attached hydrogen (secondary N) is 1. The molecular weight excluding hydrogens is 358 g/mol. The minimum atomic E-state index is -0.439. The molecule has 0 saturated carbocycles. The zero-order chi connectivity index (χ0) is 19.4. The Kier molecular flexibility index (Phi) is 5.83. The molecule has 0 unspecified atom stereocenters. The highest BCUT2D eigenvalue weighted by Gasteiger charge is 2.15. The number of hydrogen-bond donors (Lipinski definition) is 1. The van der Waals surface area contributed by atoms with Gasteiger partial charge in [0.15, 0.2) is 0 Å². The van der Waals surface area contributed by atoms with Crippen molar-refractivity contribution in [1.82, 2.24) is 0 Å². The van der Waals surface area contributed by atoms with Crippen molar-refractivity contribution in [3.8, 4) is 6.07 Å². The molecule has 0 aromatic heterocycles. The van der Waals surface area contributed by atoms with Crippen LogP contribution in [-0.2, 0) is 4.79 Å². The van der Waals surface area contributed by atoms with E-state index in [-0.39, 0.29) is 5.57 Å². The van der Waals surface area contributed by atoms with Crippen molar-refractivity contribution in [3.05, 3.63) is 63.7 Å². The van der Waals surface area contributed by atoms with Crippen molar-refractivity contribution in [3.63, 3.8) is 0 Å². The maximum absolute atomic E-state index is 12.5. The molecule has 27 heavy (non-hydrogen) atoms. The Labute approximate surface area is 165 Å². The first kappa shape index (κ1) is 19.0. The van der Waals surface area contributed by atoms with Gasteiger partial charge < -0.3 is 10.2 Å². The molecule has 3 rings (SSSR count). The molecule has 0 bridgehead atoms. The lowest BCUT2D eigenvalue weighted by Crippen LogP contribution is -2.17. The second-order valence-corrected chi connectivity index (χ2v) is 7.18. The van der Waals surface area contributed by atoms with Crippen LogP contribution in [0.2, 0.25) is 5.02 Å². The van der Waals surface area contributed by atoms with Gasteiger partial charge in [0.25, 0.3) is 5.91 Å². The van der Waals surface area contributed by atoms with E-state index in [4.69, 9.17) is 11.6 Å². The second kappa shape index (κ2) is 8.28. The Balaban J connectivity index is 1.82. The Bertz CT molecular complexity index is 937. The highest BCUT2D eigenvalue weighted by atomic mass is 35.5. The van der Waals surface area contributed by atoms with E-state index in [2.05, 4.69) is 22.3 Å². The van der Waals surface area contributed by atoms with Gasteiger partial charge in [0.05, 0.1) is 0 Å². The lowest BCUT2D eigenvalue weighted by Gasteiger charge is -2.18. The lowest BCUT2D eigenvalue weighted by molar-refractivity contribution is -0.112. The molecule has 1 fully saturated rings. The van der Waals surface area contributed by atoms with Crippen LogP contribution in [0.4, 0.5) is 11.4 Å². The van der Waals surface area contributed by atoms with Crippen LogP contribution in [0.1, 0.15) is 29.5 Å². The van der Waals surface area contributed by atoms with Crippen molar-refractivity contribution in [2.45, 2.75) is 26.7 Å². The maximum atomic E-state index is 12.5. The van der Waals surface area contributed by atoms with Crippen LogP contribution in [0.25, 0.3) is 6.08 Å². The minimum absolute atomic E-state index is 0.0615. The van der Waals surface area contributed by atoms with Gasteiger partial charge in [-0.05, 0) is 73.7 Å². The predicted octanol–water partition coefficient (Wildman–Crippen LogP) is 5.10. The Morgan fingerprint density at radius 1 is 1.22 bits per heavy atom. The zero-order valence-electron chi connectivity index (χ0n) is 15.6. The predicted molar refractivity (Wildman–Crippen MR) is 111 cm³/mol. The van der Waals surface area contributed by atoms with Gasteiger partial charge in [0.2, 0.25) is 0 Å². The maximum Gasteiger partial charge on any atom is 0.266 e. The van der Waals surface area contributed by atoms with E-state index in [0.717, 1.165) is 29.8 Å². The van der Waals surface area contributed by atoms with E-state index >= 15 is 0 Å². The monoisotopic (exact) mass is 379 g/mol. The van der Waals surface area contributed by atoms with Gasteiger partial charge in [-0.25, -0.2) is 0 Å². The van der Waals surface area contributed by atoms with Crippen molar-refractivity contribution < 1.29 is 4.79 Å². The fraction of sp³-hybridized carbons (Fsp3) is 0.273. The minimum Gasteiger partial charge on any atom is -0.372 e. The molecule has 0 atom stereocenters. The highest BCUT2D eigenvalue weighted by molar-refractivity contribution is 6.31. The number of hydrogen-bond acceptors (Lipinski definition) is 3. The van der Waals surface area contributed by atoms with Gasteiger partial charge >= 0.3 is 0 Å². The van der Waals surface area contributed by atoms with Crippen LogP contribution in [0.5, 0.6) is 0 Å². The number of rotatable bonds is 4. The van der Waals surface area contributed by atoms with E-state index in [1.165, 1.54) is 18.5 Å². The number of halogens is 1. The quantitative estimate of drug-likeness (QED) is 0.593. The number of nitrogens with zero attached hydrogens (tertiary/aromatic N) is 2. The number of carbonyl (C=O) groups excluding carboxylic acids is 1. The molecular formula is C22H22ClN3O. The molecule has 1 aliphatic rings. The summed E-state index contributed by atoms with van der Waals surface area (Å²) in [6, 6.07) is 13.4. The van der Waals surface area contributed by atoms with Gasteiger partial charge in [-0.2, -0.15) is 5.26 Å². The number of aryl methyl sites for hydroxylation is 1. The summed E-state index contributed by atoms with van der Waals surface area (Å²) in [6.45, 7) is 5.99. The smallest absolute Gasteiger partial charge is 0.266 e. The molecule has 1 saturated heterocycles. The number of anilines is 2. The topological polar surface area (TPSA) is 56.1 Å². The molecule has 0 spiro atoms. The molecule has 1 aliphatic heterocycles. The number of amides is 1. The van der Waals surface area contributed by atoms with Crippen molar-refractivity contribution >= 4 is 35.0 Å². The molecule has 0 radical (unpaired) electrons. The summed E-state index contributed by atoms with van der Waals surface area (Å²) < 4.78 is 0. The van der Waals surface area contributed by atoms with Gasteiger partial charge in [-0.3, -0.25) is 4.79 Å². The molecule has 5 heteroatoms. The standard InChI is InChI=1S/C22H22ClN3O/c1-15-12-19(26-10-3-4-11-26)9-8-17(15)13-18(14-24)22(27)25-21-7-5-6-20(23)16(21)2/h5-9,12-13H,3-4,10-11H2,1-2H3,(H,25,27)/b18-13-. The molecule has 0 aliphatic carbocycles. The van der Waals surface area contributed by atoms with Crippen LogP contribution in [-0.4, -0.2) is 19.0 Å². The Hall–Kier alpha value is -2.77. The van der Waals surface area contributed by atoms with Crippen LogP contribution in [0.15, 0.2) is 42.0 Å². The van der Waals surface area contributed by atoms with E-state index in [9.17, 15) is 10.1 Å². The zero-order valence-corrected chi connectivity index (χ0v) is 16.3. The summed E-state index contributed by atoms with van der Waals surface area (Å²) in [5, 5.41) is 12.8. The first-order valence-electron chi connectivity index (χ1n) is 9.03. The molecule has 1 amide bonds. The number of nitriles is 1. The van der Waals surface area contributed by atoms with E-state index in [0.29, 0.717) is 10.7 Å². The summed E-state index contributed by atoms with van der Waals surface area (Å²) in [4.78, 5) is 14.9. The molecule has 2 aromatic carbocycles. The first-order chi connectivity index (χ1) is 13.0. The average Bonchev–Trinajstić information content (AvgIpc) is 3.19. The average molecular weight is 380 g/mol. The summed E-state index contributed by atoms with van der Waals surface area (Å²) >= 11 is 6.10. The second-order valence-electron chi connectivity index (χ2n) is 6.77. The SMILES string of the molecule is Cc1cc(N2CCCC2)ccc1/C=C(/C#N)C(=O)Nc1cccc(Cl)c1C. The fourth-order valence-corrected chi connectivity index (χ4v) is 3.41. The fourth-order valence-electron chi connectivity index (χ4n) is 3.23. The van der Waals surface area contributed by atoms with E-state index < -0.39 is 5.91 Å². The normalized spacial score (nSPS) is 14.1. The van der Waals surface area contributed by atoms with Crippen molar-refractivity contribution in [1.29, 1.82) is 5.26 Å². The lowest BCUT2D eigenvalue weighted by atomic mass is 10.0. The van der Waals surface area contributed by atoms with Gasteiger partial charge in [-0.15, -0.1) is 0 Å². The van der Waals surface area contributed by atoms with Gasteiger partial charge in [-0.1, -0.05) is 23.7 Å². The highest BCUT2D eigenvalue weighted by Crippen LogP contribution is 2.26. The Morgan fingerprint density at radius 2 is 1.96 bits per heavy atom. The van der Waals surface area contributed by atoms with Crippen LogP contribution in [0, 0.1) is 25.2 Å². The molecule has 2 aromatic rings. The van der Waals surface area contributed by atoms with Gasteiger partial charge in [0.1, 0.15) is 11.6 Å². The van der Waals surface area contributed by atoms with Crippen LogP contribution in [0.3, 0.4) is 0 Å². The largest absolute Gasteiger partial charge is 0.372 e.